The number of nitrogens with zero attached hydrogens (tertiary/aromatic N) is 2. The number of benzene rings is 1. The molecule has 0 saturated carbocycles. The Bertz CT molecular complexity index is 1290. The van der Waals surface area contributed by atoms with Gasteiger partial charge in [-0.05, 0) is 18.1 Å². The quantitative estimate of drug-likeness (QED) is 0.0887. The van der Waals surface area contributed by atoms with Crippen LogP contribution in [0.3, 0.4) is 0 Å². The molecule has 2 heterocycles. The molecule has 1 aromatic heterocycles. The Morgan fingerprint density at radius 2 is 1.66 bits per heavy atom. The van der Waals surface area contributed by atoms with Crippen molar-refractivity contribution in [2.75, 3.05) is 18.7 Å². The molecule has 1 aliphatic rings. The molecule has 18 nitrogen and oxygen atoms in total. The third-order valence-corrected chi connectivity index (χ3v) is 8.57. The molecule has 1 fully saturated rings. The molecular weight excluding hydrogens is 579 g/mol. The van der Waals surface area contributed by atoms with Crippen molar-refractivity contribution in [3.8, 4) is 0 Å². The molecule has 21 heteroatoms. The molecule has 3 rings (SSSR count). The number of hydrogen-bond donors (Lipinski definition) is 7. The van der Waals surface area contributed by atoms with Gasteiger partial charge in [0.2, 0.25) is 0 Å². The number of phosphoric acid groups is 3. The molecule has 6 unspecified atom stereocenters. The number of ether oxygens (including phenoxy) is 1. The topological polar surface area (TPSA) is 266 Å². The fourth-order valence-corrected chi connectivity index (χ4v) is 6.20. The van der Waals surface area contributed by atoms with Gasteiger partial charge >= 0.3 is 29.2 Å². The fraction of sp³-hybridized carbons (Fsp3) is 0.412. The van der Waals surface area contributed by atoms with E-state index in [1.165, 1.54) is 12.3 Å². The van der Waals surface area contributed by atoms with Crippen molar-refractivity contribution in [2.24, 2.45) is 0 Å². The average molecular weight is 603 g/mol. The summed E-state index contributed by atoms with van der Waals surface area (Å²) in [6.07, 6.45) is -4.85. The summed E-state index contributed by atoms with van der Waals surface area (Å²) in [6, 6.07) is 10.8. The summed E-state index contributed by atoms with van der Waals surface area (Å²) >= 11 is 0. The standard InChI is InChI=1S/C17H24N3O15P3/c21-14-12(10-32-37(27,28)35-38(29,30)34-36(24,25)26)33-16(15(14)22)20-8-6-13(18-17(20)23)19-31-9-7-11-4-2-1-3-5-11/h1-6,8,12,14-16,21-22H,7,9-10H2,(H,27,28)(H,29,30)(H,18,19,23)(H2,24,25,26). The minimum atomic E-state index is -5.75. The van der Waals surface area contributed by atoms with Crippen LogP contribution >= 0.6 is 23.5 Å². The summed E-state index contributed by atoms with van der Waals surface area (Å²) in [6.45, 7) is -0.766. The van der Waals surface area contributed by atoms with E-state index in [4.69, 9.17) is 24.3 Å². The maximum absolute atomic E-state index is 12.4. The van der Waals surface area contributed by atoms with E-state index < -0.39 is 60.3 Å². The third kappa shape index (κ3) is 9.12. The fourth-order valence-electron chi connectivity index (χ4n) is 3.17. The third-order valence-electron chi connectivity index (χ3n) is 4.77. The van der Waals surface area contributed by atoms with Crippen LogP contribution in [0.25, 0.3) is 0 Å². The van der Waals surface area contributed by atoms with Gasteiger partial charge in [-0.1, -0.05) is 30.3 Å². The number of aliphatic hydroxyl groups is 2. The molecule has 1 aliphatic heterocycles. The van der Waals surface area contributed by atoms with Crippen LogP contribution in [0, 0.1) is 0 Å². The van der Waals surface area contributed by atoms with Crippen LogP contribution in [0.5, 0.6) is 0 Å². The van der Waals surface area contributed by atoms with Gasteiger partial charge in [0, 0.05) is 6.20 Å². The largest absolute Gasteiger partial charge is 0.490 e. The first-order valence-corrected chi connectivity index (χ1v) is 15.0. The zero-order chi connectivity index (χ0) is 28.1. The second-order valence-electron chi connectivity index (χ2n) is 7.62. The lowest BCUT2D eigenvalue weighted by atomic mass is 10.1. The normalized spacial score (nSPS) is 25.0. The van der Waals surface area contributed by atoms with Crippen LogP contribution in [-0.2, 0) is 42.8 Å². The van der Waals surface area contributed by atoms with Gasteiger partial charge in [-0.25, -0.2) is 24.0 Å². The maximum Gasteiger partial charge on any atom is 0.490 e. The van der Waals surface area contributed by atoms with Gasteiger partial charge in [-0.15, -0.1) is 0 Å². The van der Waals surface area contributed by atoms with Crippen LogP contribution in [0.4, 0.5) is 5.82 Å². The smallest absolute Gasteiger partial charge is 0.387 e. The molecule has 2 aromatic rings. The average Bonchev–Trinajstić information content (AvgIpc) is 3.07. The Hall–Kier alpha value is -1.85. The summed E-state index contributed by atoms with van der Waals surface area (Å²) in [4.78, 5) is 57.2. The first-order valence-electron chi connectivity index (χ1n) is 10.5. The van der Waals surface area contributed by atoms with E-state index in [-0.39, 0.29) is 12.4 Å². The van der Waals surface area contributed by atoms with Gasteiger partial charge in [0.05, 0.1) is 13.2 Å². The van der Waals surface area contributed by atoms with E-state index in [0.29, 0.717) is 6.42 Å². The lowest BCUT2D eigenvalue weighted by molar-refractivity contribution is -0.0541. The summed E-state index contributed by atoms with van der Waals surface area (Å²) in [5.41, 5.74) is 2.61. The van der Waals surface area contributed by atoms with Crippen LogP contribution in [0.15, 0.2) is 47.4 Å². The summed E-state index contributed by atoms with van der Waals surface area (Å²) < 4.78 is 51.6. The number of nitrogens with one attached hydrogen (secondary N) is 1. The van der Waals surface area contributed by atoms with E-state index in [1.54, 1.807) is 0 Å². The van der Waals surface area contributed by atoms with Gasteiger partial charge in [-0.2, -0.15) is 13.6 Å². The van der Waals surface area contributed by atoms with Crippen LogP contribution in [-0.4, -0.2) is 70.9 Å². The van der Waals surface area contributed by atoms with Gasteiger partial charge in [0.1, 0.15) is 18.3 Å². The number of hydrogen-bond acceptors (Lipinski definition) is 13. The first kappa shape index (κ1) is 30.7. The number of phosphoric ester groups is 1. The van der Waals surface area contributed by atoms with Crippen LogP contribution in [0.1, 0.15) is 11.8 Å². The highest BCUT2D eigenvalue weighted by Gasteiger charge is 2.46. The predicted octanol–water partition coefficient (Wildman–Crippen LogP) is -0.208. The van der Waals surface area contributed by atoms with Crippen molar-refractivity contribution in [3.63, 3.8) is 0 Å². The molecule has 6 atom stereocenters. The zero-order valence-electron chi connectivity index (χ0n) is 19.1. The summed E-state index contributed by atoms with van der Waals surface area (Å²) in [7, 11) is -16.8. The second kappa shape index (κ2) is 12.6. The lowest BCUT2D eigenvalue weighted by Gasteiger charge is -2.19. The van der Waals surface area contributed by atoms with Crippen molar-refractivity contribution in [1.29, 1.82) is 0 Å². The number of rotatable bonds is 13. The molecule has 38 heavy (non-hydrogen) atoms. The van der Waals surface area contributed by atoms with Crippen molar-refractivity contribution >= 4 is 29.3 Å². The monoisotopic (exact) mass is 603 g/mol. The van der Waals surface area contributed by atoms with E-state index >= 15 is 0 Å². The van der Waals surface area contributed by atoms with Crippen LogP contribution in [0.2, 0.25) is 0 Å². The Morgan fingerprint density at radius 1 is 0.974 bits per heavy atom. The molecule has 7 N–H and O–H groups in total. The molecule has 1 saturated heterocycles. The van der Waals surface area contributed by atoms with Gasteiger partial charge in [0.25, 0.3) is 0 Å². The minimum absolute atomic E-state index is 0.0385. The summed E-state index contributed by atoms with van der Waals surface area (Å²) in [5, 5.41) is 20.5. The molecule has 0 aliphatic carbocycles. The Kier molecular flexibility index (Phi) is 10.1. The molecule has 0 amide bonds. The predicted molar refractivity (Wildman–Crippen MR) is 124 cm³/mol. The highest BCUT2D eigenvalue weighted by atomic mass is 31.3. The minimum Gasteiger partial charge on any atom is -0.387 e. The second-order valence-corrected chi connectivity index (χ2v) is 12.0. The highest BCUT2D eigenvalue weighted by Crippen LogP contribution is 2.66. The molecule has 0 radical (unpaired) electrons. The molecular formula is C17H24N3O15P3. The Balaban J connectivity index is 1.55. The molecule has 0 spiro atoms. The number of anilines is 1. The van der Waals surface area contributed by atoms with E-state index in [2.05, 4.69) is 23.6 Å². The van der Waals surface area contributed by atoms with Gasteiger partial charge < -0.3 is 34.5 Å². The molecule has 1 aromatic carbocycles. The Morgan fingerprint density at radius 3 is 2.29 bits per heavy atom. The zero-order valence-corrected chi connectivity index (χ0v) is 21.7. The van der Waals surface area contributed by atoms with Crippen molar-refractivity contribution in [1.82, 2.24) is 9.55 Å². The molecule has 0 bridgehead atoms. The van der Waals surface area contributed by atoms with Crippen molar-refractivity contribution in [2.45, 2.75) is 31.0 Å². The first-order chi connectivity index (χ1) is 17.7. The lowest BCUT2D eigenvalue weighted by Crippen LogP contribution is -2.36. The van der Waals surface area contributed by atoms with Crippen LogP contribution < -0.4 is 11.2 Å². The number of aromatic nitrogens is 2. The summed E-state index contributed by atoms with van der Waals surface area (Å²) in [5.74, 6) is 0.0385. The highest BCUT2D eigenvalue weighted by molar-refractivity contribution is 7.66. The maximum atomic E-state index is 12.4. The van der Waals surface area contributed by atoms with E-state index in [0.717, 1.165) is 10.1 Å². The van der Waals surface area contributed by atoms with Gasteiger partial charge in [0.15, 0.2) is 12.0 Å². The van der Waals surface area contributed by atoms with Gasteiger partial charge in [-0.3, -0.25) is 13.9 Å². The molecule has 212 valence electrons. The Labute approximate surface area is 213 Å². The van der Waals surface area contributed by atoms with Crippen molar-refractivity contribution < 1.29 is 66.2 Å². The van der Waals surface area contributed by atoms with E-state index in [1.807, 2.05) is 30.3 Å². The SMILES string of the molecule is O=c1nc(NOCCc2ccccc2)ccn1C1OC(COP(=O)(O)OP(=O)(O)OP(=O)(O)O)C(O)C1O. The van der Waals surface area contributed by atoms with E-state index in [9.17, 15) is 33.6 Å². The van der Waals surface area contributed by atoms with Crippen molar-refractivity contribution in [3.05, 3.63) is 58.6 Å². The number of aliphatic hydroxyl groups excluding tert-OH is 2.